The number of nitrogens with one attached hydrogen (secondary N) is 2. The molecule has 1 aliphatic heterocycles. The first-order valence-electron chi connectivity index (χ1n) is 6.95. The van der Waals surface area contributed by atoms with Gasteiger partial charge in [-0.2, -0.15) is 0 Å². The molecule has 2 N–H and O–H groups in total. The largest absolute Gasteiger partial charge is 0.382 e. The number of benzene rings is 2. The van der Waals surface area contributed by atoms with Gasteiger partial charge in [0.25, 0.3) is 0 Å². The van der Waals surface area contributed by atoms with E-state index in [2.05, 4.69) is 17.6 Å². The second-order valence-electron chi connectivity index (χ2n) is 5.28. The van der Waals surface area contributed by atoms with Crippen molar-refractivity contribution in [3.05, 3.63) is 60.2 Å². The molecule has 2 unspecified atom stereocenters. The topological polar surface area (TPSA) is 41.1 Å². The number of hydrogen-bond donors (Lipinski definition) is 2. The molecular formula is C17H18N2O. The highest BCUT2D eigenvalue weighted by Gasteiger charge is 2.29. The number of hydrogen-bond acceptors (Lipinski definition) is 2. The van der Waals surface area contributed by atoms with Gasteiger partial charge in [-0.05, 0) is 37.1 Å². The van der Waals surface area contributed by atoms with Gasteiger partial charge in [0.1, 0.15) is 0 Å². The normalized spacial score (nSPS) is 20.6. The Kier molecular flexibility index (Phi) is 3.42. The molecule has 2 aromatic rings. The lowest BCUT2D eigenvalue weighted by molar-refractivity contribution is -0.117. The number of carbonyl (C=O) groups is 1. The van der Waals surface area contributed by atoms with Gasteiger partial charge in [-0.1, -0.05) is 36.4 Å². The van der Waals surface area contributed by atoms with E-state index in [1.807, 2.05) is 54.6 Å². The smallest absolute Gasteiger partial charge is 0.232 e. The van der Waals surface area contributed by atoms with E-state index in [9.17, 15) is 4.79 Å². The standard InChI is InChI=1S/C17H18N2O/c1-12-11-15(14-9-5-6-10-16(14)18-12)17(20)19-13-7-3-2-4-8-13/h2-10,12,15,18H,11H2,1H3,(H,19,20). The van der Waals surface area contributed by atoms with E-state index >= 15 is 0 Å². The Labute approximate surface area is 119 Å². The van der Waals surface area contributed by atoms with Crippen molar-refractivity contribution in [2.45, 2.75) is 25.3 Å². The first-order chi connectivity index (χ1) is 9.74. The number of amides is 1. The zero-order valence-corrected chi connectivity index (χ0v) is 11.5. The highest BCUT2D eigenvalue weighted by atomic mass is 16.1. The molecule has 2 atom stereocenters. The molecule has 0 spiro atoms. The first kappa shape index (κ1) is 12.7. The van der Waals surface area contributed by atoms with Crippen LogP contribution < -0.4 is 10.6 Å². The summed E-state index contributed by atoms with van der Waals surface area (Å²) in [5.74, 6) is -0.0281. The predicted octanol–water partition coefficient (Wildman–Crippen LogP) is 3.61. The molecule has 3 heteroatoms. The minimum Gasteiger partial charge on any atom is -0.382 e. The lowest BCUT2D eigenvalue weighted by Gasteiger charge is -2.30. The van der Waals surface area contributed by atoms with Crippen LogP contribution in [-0.2, 0) is 4.79 Å². The van der Waals surface area contributed by atoms with Gasteiger partial charge in [0.15, 0.2) is 0 Å². The van der Waals surface area contributed by atoms with Crippen molar-refractivity contribution in [1.29, 1.82) is 0 Å². The predicted molar refractivity (Wildman–Crippen MR) is 82.0 cm³/mol. The van der Waals surface area contributed by atoms with Crippen LogP contribution in [-0.4, -0.2) is 11.9 Å². The fraction of sp³-hybridized carbons (Fsp3) is 0.235. The molecule has 0 aromatic heterocycles. The maximum atomic E-state index is 12.5. The molecule has 0 bridgehead atoms. The van der Waals surface area contributed by atoms with Gasteiger partial charge in [-0.15, -0.1) is 0 Å². The molecule has 0 saturated carbocycles. The number of anilines is 2. The second kappa shape index (κ2) is 5.37. The van der Waals surface area contributed by atoms with Crippen LogP contribution in [0.3, 0.4) is 0 Å². The Bertz CT molecular complexity index is 609. The Hall–Kier alpha value is -2.29. The quantitative estimate of drug-likeness (QED) is 0.871. The molecule has 3 nitrogen and oxygen atoms in total. The summed E-state index contributed by atoms with van der Waals surface area (Å²) in [5.41, 5.74) is 3.00. The minimum absolute atomic E-state index is 0.0667. The zero-order valence-electron chi connectivity index (χ0n) is 11.5. The Morgan fingerprint density at radius 2 is 1.80 bits per heavy atom. The van der Waals surface area contributed by atoms with Crippen molar-refractivity contribution >= 4 is 17.3 Å². The molecule has 1 amide bonds. The molecule has 2 aromatic carbocycles. The van der Waals surface area contributed by atoms with Crippen LogP contribution in [0, 0.1) is 0 Å². The Morgan fingerprint density at radius 1 is 1.10 bits per heavy atom. The summed E-state index contributed by atoms with van der Waals surface area (Å²) in [7, 11) is 0. The number of para-hydroxylation sites is 2. The average Bonchev–Trinajstić information content (AvgIpc) is 2.47. The van der Waals surface area contributed by atoms with E-state index in [0.29, 0.717) is 6.04 Å². The molecule has 3 rings (SSSR count). The number of rotatable bonds is 2. The maximum Gasteiger partial charge on any atom is 0.232 e. The average molecular weight is 266 g/mol. The van der Waals surface area contributed by atoms with Crippen molar-refractivity contribution in [2.75, 3.05) is 10.6 Å². The van der Waals surface area contributed by atoms with Crippen molar-refractivity contribution < 1.29 is 4.79 Å². The summed E-state index contributed by atoms with van der Waals surface area (Å²) in [6, 6.07) is 18.0. The summed E-state index contributed by atoms with van der Waals surface area (Å²) >= 11 is 0. The second-order valence-corrected chi connectivity index (χ2v) is 5.28. The van der Waals surface area contributed by atoms with Crippen LogP contribution in [0.25, 0.3) is 0 Å². The molecule has 102 valence electrons. The van der Waals surface area contributed by atoms with Crippen LogP contribution in [0.15, 0.2) is 54.6 Å². The van der Waals surface area contributed by atoms with E-state index in [0.717, 1.165) is 23.4 Å². The first-order valence-corrected chi connectivity index (χ1v) is 6.95. The lowest BCUT2D eigenvalue weighted by Crippen LogP contribution is -2.32. The molecule has 1 aliphatic rings. The van der Waals surface area contributed by atoms with Crippen molar-refractivity contribution in [3.63, 3.8) is 0 Å². The van der Waals surface area contributed by atoms with Gasteiger partial charge in [0, 0.05) is 17.4 Å². The van der Waals surface area contributed by atoms with Crippen LogP contribution in [0.5, 0.6) is 0 Å². The molecule has 1 heterocycles. The van der Waals surface area contributed by atoms with Crippen LogP contribution >= 0.6 is 0 Å². The summed E-state index contributed by atoms with van der Waals surface area (Å²) in [6.07, 6.45) is 0.815. The maximum absolute atomic E-state index is 12.5. The lowest BCUT2D eigenvalue weighted by atomic mass is 9.87. The van der Waals surface area contributed by atoms with Crippen molar-refractivity contribution in [2.24, 2.45) is 0 Å². The van der Waals surface area contributed by atoms with Gasteiger partial charge in [-0.3, -0.25) is 4.79 Å². The molecule has 0 saturated heterocycles. The number of fused-ring (bicyclic) bond motifs is 1. The van der Waals surface area contributed by atoms with Crippen LogP contribution in [0.2, 0.25) is 0 Å². The van der Waals surface area contributed by atoms with Gasteiger partial charge < -0.3 is 10.6 Å². The number of carbonyl (C=O) groups excluding carboxylic acids is 1. The monoisotopic (exact) mass is 266 g/mol. The van der Waals surface area contributed by atoms with Crippen molar-refractivity contribution in [1.82, 2.24) is 0 Å². The SMILES string of the molecule is CC1CC(C(=O)Nc2ccccc2)c2ccccc2N1. The third-order valence-electron chi connectivity index (χ3n) is 3.69. The third kappa shape index (κ3) is 2.52. The summed E-state index contributed by atoms with van der Waals surface area (Å²) in [4.78, 5) is 12.5. The van der Waals surface area contributed by atoms with E-state index in [4.69, 9.17) is 0 Å². The van der Waals surface area contributed by atoms with Crippen LogP contribution in [0.4, 0.5) is 11.4 Å². The minimum atomic E-state index is -0.0948. The molecular weight excluding hydrogens is 248 g/mol. The Morgan fingerprint density at radius 3 is 2.60 bits per heavy atom. The molecule has 0 aliphatic carbocycles. The van der Waals surface area contributed by atoms with E-state index in [1.165, 1.54) is 0 Å². The van der Waals surface area contributed by atoms with Crippen LogP contribution in [0.1, 0.15) is 24.8 Å². The summed E-state index contributed by atoms with van der Waals surface area (Å²) in [5, 5.41) is 6.43. The molecule has 20 heavy (non-hydrogen) atoms. The fourth-order valence-electron chi connectivity index (χ4n) is 2.74. The summed E-state index contributed by atoms with van der Waals surface area (Å²) in [6.45, 7) is 2.11. The molecule has 0 radical (unpaired) electrons. The highest BCUT2D eigenvalue weighted by molar-refractivity contribution is 5.97. The van der Waals surface area contributed by atoms with Gasteiger partial charge >= 0.3 is 0 Å². The highest BCUT2D eigenvalue weighted by Crippen LogP contribution is 2.34. The van der Waals surface area contributed by atoms with E-state index in [-0.39, 0.29) is 11.8 Å². The van der Waals surface area contributed by atoms with E-state index < -0.39 is 0 Å². The third-order valence-corrected chi connectivity index (χ3v) is 3.69. The van der Waals surface area contributed by atoms with Crippen molar-refractivity contribution in [3.8, 4) is 0 Å². The van der Waals surface area contributed by atoms with Gasteiger partial charge in [-0.25, -0.2) is 0 Å². The van der Waals surface area contributed by atoms with E-state index in [1.54, 1.807) is 0 Å². The Balaban J connectivity index is 1.85. The summed E-state index contributed by atoms with van der Waals surface area (Å²) < 4.78 is 0. The molecule has 0 fully saturated rings. The fourth-order valence-corrected chi connectivity index (χ4v) is 2.74. The van der Waals surface area contributed by atoms with Gasteiger partial charge in [0.2, 0.25) is 5.91 Å². The van der Waals surface area contributed by atoms with Gasteiger partial charge in [0.05, 0.1) is 5.92 Å². The zero-order chi connectivity index (χ0) is 13.9.